The number of carbonyl (C=O) groups is 3. The first kappa shape index (κ1) is 27.5. The molecule has 15 heteroatoms. The van der Waals surface area contributed by atoms with E-state index in [1.54, 1.807) is 16.4 Å². The zero-order chi connectivity index (χ0) is 27.2. The van der Waals surface area contributed by atoms with E-state index in [1.165, 1.54) is 6.33 Å². The van der Waals surface area contributed by atoms with Crippen LogP contribution in [0.3, 0.4) is 0 Å². The van der Waals surface area contributed by atoms with Gasteiger partial charge in [0.2, 0.25) is 5.91 Å². The normalized spacial score (nSPS) is 19.8. The van der Waals surface area contributed by atoms with Gasteiger partial charge in [-0.05, 0) is 25.7 Å². The van der Waals surface area contributed by atoms with Crippen molar-refractivity contribution in [2.45, 2.75) is 57.6 Å². The maximum atomic E-state index is 12.4. The van der Waals surface area contributed by atoms with Crippen LogP contribution in [0.15, 0.2) is 6.33 Å². The number of likely N-dealkylation sites (tertiary alicyclic amines) is 1. The summed E-state index contributed by atoms with van der Waals surface area (Å²) in [6, 6.07) is 0. The molecule has 0 saturated carbocycles. The van der Waals surface area contributed by atoms with Gasteiger partial charge in [0, 0.05) is 26.1 Å². The standard InChI is InChI=1S/C23H34N8O7/c1-2-25-22(35)19(15(33)10-32)37-12-31-11-27-18-20(24)28-16(29-21(18)31)7-13-3-5-30(6-4-13)23(36)38-14-8-17(34)26-9-14/h11,13-15,19,32-33H,2-10,12H2,1H3,(H,25,35)(H,26,34)(H2,24,28,29)/t14?,15?,19-/m0/s1. The highest BCUT2D eigenvalue weighted by Crippen LogP contribution is 2.24. The summed E-state index contributed by atoms with van der Waals surface area (Å²) in [6.07, 6.45) is 0.144. The molecule has 0 aliphatic carbocycles. The van der Waals surface area contributed by atoms with Crippen LogP contribution in [-0.2, 0) is 32.2 Å². The third-order valence-electron chi connectivity index (χ3n) is 6.63. The predicted molar refractivity (Wildman–Crippen MR) is 132 cm³/mol. The van der Waals surface area contributed by atoms with Crippen LogP contribution >= 0.6 is 0 Å². The van der Waals surface area contributed by atoms with Crippen LogP contribution in [0.1, 0.15) is 32.0 Å². The molecule has 2 unspecified atom stereocenters. The molecule has 2 aliphatic rings. The van der Waals surface area contributed by atoms with E-state index in [-0.39, 0.29) is 30.8 Å². The maximum absolute atomic E-state index is 12.4. The SMILES string of the molecule is CCNC(=O)[C@@H](OCn1cnc2c(N)nc(CC3CCN(C(=O)OC4CNC(=O)C4)CC3)nc21)C(O)CO. The Morgan fingerprint density at radius 1 is 1.32 bits per heavy atom. The Labute approximate surface area is 218 Å². The second-order valence-electron chi connectivity index (χ2n) is 9.42. The van der Waals surface area contributed by atoms with Crippen molar-refractivity contribution in [2.24, 2.45) is 5.92 Å². The topological polar surface area (TPSA) is 207 Å². The number of imidazole rings is 1. The number of aliphatic hydroxyl groups is 2. The third kappa shape index (κ3) is 6.46. The maximum Gasteiger partial charge on any atom is 0.410 e. The molecule has 15 nitrogen and oxygen atoms in total. The van der Waals surface area contributed by atoms with Crippen LogP contribution in [-0.4, -0.2) is 104 Å². The van der Waals surface area contributed by atoms with Gasteiger partial charge in [0.05, 0.1) is 25.9 Å². The van der Waals surface area contributed by atoms with Crippen molar-refractivity contribution in [1.82, 2.24) is 35.1 Å². The lowest BCUT2D eigenvalue weighted by Crippen LogP contribution is -2.45. The average molecular weight is 535 g/mol. The number of piperidine rings is 1. The van der Waals surface area contributed by atoms with E-state index in [0.717, 1.165) is 12.8 Å². The second kappa shape index (κ2) is 12.3. The zero-order valence-corrected chi connectivity index (χ0v) is 21.2. The molecule has 2 fully saturated rings. The van der Waals surface area contributed by atoms with Crippen molar-refractivity contribution in [3.8, 4) is 0 Å². The fraction of sp³-hybridized carbons (Fsp3) is 0.652. The number of rotatable bonds is 10. The Morgan fingerprint density at radius 2 is 2.08 bits per heavy atom. The van der Waals surface area contributed by atoms with Gasteiger partial charge < -0.3 is 41.0 Å². The number of nitrogens with two attached hydrogens (primary N) is 1. The highest BCUT2D eigenvalue weighted by molar-refractivity contribution is 5.82. The molecule has 0 bridgehead atoms. The van der Waals surface area contributed by atoms with Gasteiger partial charge in [-0.3, -0.25) is 14.2 Å². The average Bonchev–Trinajstić information content (AvgIpc) is 3.50. The molecule has 0 aromatic carbocycles. The summed E-state index contributed by atoms with van der Waals surface area (Å²) >= 11 is 0. The van der Waals surface area contributed by atoms with Gasteiger partial charge in [0.1, 0.15) is 30.3 Å². The number of likely N-dealkylation sites (N-methyl/N-ethyl adjacent to an activating group) is 1. The number of nitrogens with zero attached hydrogens (tertiary/aromatic N) is 5. The van der Waals surface area contributed by atoms with Crippen LogP contribution < -0.4 is 16.4 Å². The summed E-state index contributed by atoms with van der Waals surface area (Å²) in [4.78, 5) is 50.9. The first-order valence-corrected chi connectivity index (χ1v) is 12.7. The highest BCUT2D eigenvalue weighted by Gasteiger charge is 2.30. The summed E-state index contributed by atoms with van der Waals surface area (Å²) in [7, 11) is 0. The van der Waals surface area contributed by atoms with Crippen molar-refractivity contribution in [2.75, 3.05) is 38.5 Å². The van der Waals surface area contributed by atoms with Gasteiger partial charge in [-0.2, -0.15) is 0 Å². The van der Waals surface area contributed by atoms with Crippen molar-refractivity contribution in [3.05, 3.63) is 12.2 Å². The first-order chi connectivity index (χ1) is 18.3. The largest absolute Gasteiger partial charge is 0.444 e. The van der Waals surface area contributed by atoms with Gasteiger partial charge in [0.15, 0.2) is 17.6 Å². The van der Waals surface area contributed by atoms with Crippen LogP contribution in [0, 0.1) is 5.92 Å². The molecule has 0 radical (unpaired) electrons. The highest BCUT2D eigenvalue weighted by atomic mass is 16.6. The third-order valence-corrected chi connectivity index (χ3v) is 6.63. The molecule has 2 aromatic heterocycles. The van der Waals surface area contributed by atoms with E-state index < -0.39 is 36.9 Å². The molecule has 3 amide bonds. The number of anilines is 1. The van der Waals surface area contributed by atoms with Crippen LogP contribution in [0.2, 0.25) is 0 Å². The number of ether oxygens (including phenoxy) is 2. The smallest absolute Gasteiger partial charge is 0.410 e. The number of fused-ring (bicyclic) bond motifs is 1. The molecule has 4 rings (SSSR count). The lowest BCUT2D eigenvalue weighted by molar-refractivity contribution is -0.147. The van der Waals surface area contributed by atoms with E-state index in [9.17, 15) is 24.6 Å². The molecule has 0 spiro atoms. The summed E-state index contributed by atoms with van der Waals surface area (Å²) in [5.41, 5.74) is 6.93. The zero-order valence-electron chi connectivity index (χ0n) is 21.2. The number of aliphatic hydroxyl groups excluding tert-OH is 2. The van der Waals surface area contributed by atoms with Gasteiger partial charge in [0.25, 0.3) is 5.91 Å². The Hall–Kier alpha value is -3.56. The molecule has 2 saturated heterocycles. The van der Waals surface area contributed by atoms with Gasteiger partial charge in [-0.1, -0.05) is 0 Å². The fourth-order valence-electron chi connectivity index (χ4n) is 4.55. The molecule has 208 valence electrons. The summed E-state index contributed by atoms with van der Waals surface area (Å²) in [5, 5.41) is 24.5. The minimum Gasteiger partial charge on any atom is -0.444 e. The Kier molecular flexibility index (Phi) is 8.91. The number of nitrogen functional groups attached to an aromatic ring is 1. The molecule has 2 aliphatic heterocycles. The van der Waals surface area contributed by atoms with Gasteiger partial charge in [-0.15, -0.1) is 0 Å². The molecule has 38 heavy (non-hydrogen) atoms. The van der Waals surface area contributed by atoms with Crippen molar-refractivity contribution in [3.63, 3.8) is 0 Å². The summed E-state index contributed by atoms with van der Waals surface area (Å²) in [5.74, 6) is 0.288. The molecule has 2 aromatic rings. The molecule has 4 heterocycles. The lowest BCUT2D eigenvalue weighted by atomic mass is 9.93. The molecule has 6 N–H and O–H groups in total. The van der Waals surface area contributed by atoms with Gasteiger partial charge in [-0.25, -0.2) is 19.7 Å². The molecule has 3 atom stereocenters. The van der Waals surface area contributed by atoms with Crippen LogP contribution in [0.5, 0.6) is 0 Å². The summed E-state index contributed by atoms with van der Waals surface area (Å²) < 4.78 is 12.6. The first-order valence-electron chi connectivity index (χ1n) is 12.7. The lowest BCUT2D eigenvalue weighted by Gasteiger charge is -2.31. The molecular weight excluding hydrogens is 500 g/mol. The number of hydrogen-bond donors (Lipinski definition) is 5. The number of aromatic nitrogens is 4. The monoisotopic (exact) mass is 534 g/mol. The Morgan fingerprint density at radius 3 is 2.74 bits per heavy atom. The van der Waals surface area contributed by atoms with Crippen molar-refractivity contribution >= 4 is 34.9 Å². The number of hydrogen-bond acceptors (Lipinski definition) is 11. The minimum atomic E-state index is -1.40. The summed E-state index contributed by atoms with van der Waals surface area (Å²) in [6.45, 7) is 2.67. The Bertz CT molecular complexity index is 1150. The number of nitrogens with one attached hydrogen (secondary N) is 2. The second-order valence-corrected chi connectivity index (χ2v) is 9.42. The predicted octanol–water partition coefficient (Wildman–Crippen LogP) is -1.48. The number of amides is 3. The van der Waals surface area contributed by atoms with E-state index in [1.807, 2.05) is 0 Å². The van der Waals surface area contributed by atoms with Crippen LogP contribution in [0.4, 0.5) is 10.6 Å². The Balaban J connectivity index is 1.36. The van der Waals surface area contributed by atoms with E-state index >= 15 is 0 Å². The van der Waals surface area contributed by atoms with Crippen LogP contribution in [0.25, 0.3) is 11.2 Å². The number of carbonyl (C=O) groups excluding carboxylic acids is 3. The minimum absolute atomic E-state index is 0.116. The van der Waals surface area contributed by atoms with Crippen molar-refractivity contribution in [1.29, 1.82) is 0 Å². The van der Waals surface area contributed by atoms with E-state index in [0.29, 0.717) is 49.6 Å². The van der Waals surface area contributed by atoms with Gasteiger partial charge >= 0.3 is 6.09 Å². The van der Waals surface area contributed by atoms with E-state index in [2.05, 4.69) is 25.6 Å². The quantitative estimate of drug-likeness (QED) is 0.237. The fourth-order valence-corrected chi connectivity index (χ4v) is 4.55. The van der Waals surface area contributed by atoms with Crippen molar-refractivity contribution < 1.29 is 34.1 Å². The molecular formula is C23H34N8O7. The van der Waals surface area contributed by atoms with E-state index in [4.69, 9.17) is 15.2 Å².